The number of Topliss-reactive ketones (excluding diaryl/α,β-unsaturated/α-hetero) is 1. The molecule has 1 aliphatic carbocycles. The molecular weight excluding hydrogens is 244 g/mol. The highest BCUT2D eigenvalue weighted by Gasteiger charge is 2.27. The lowest BCUT2D eigenvalue weighted by molar-refractivity contribution is -0.120. The predicted octanol–water partition coefficient (Wildman–Crippen LogP) is 5.43. The number of hydrogen-bond acceptors (Lipinski definition) is 1. The molecule has 0 radical (unpaired) electrons. The van der Waals surface area contributed by atoms with E-state index in [1.54, 1.807) is 0 Å². The zero-order valence-corrected chi connectivity index (χ0v) is 12.9. The number of unbranched alkanes of at least 4 members (excludes halogenated alkanes) is 6. The van der Waals surface area contributed by atoms with Crippen molar-refractivity contribution in [2.75, 3.05) is 0 Å². The Bertz CT molecular complexity index is 422. The number of rotatable bonds is 9. The van der Waals surface area contributed by atoms with Gasteiger partial charge in [-0.15, -0.1) is 0 Å². The van der Waals surface area contributed by atoms with Gasteiger partial charge < -0.3 is 0 Å². The molecule has 1 aliphatic rings. The summed E-state index contributed by atoms with van der Waals surface area (Å²) in [4.78, 5) is 12.3. The molecule has 1 atom stereocenters. The standard InChI is InChI=1S/C19H28O/c1-2-3-4-5-6-7-8-13-19(20)18-15-14-16-11-9-10-12-17(16)18/h9-12,18H,2-8,13-15H2,1H3. The summed E-state index contributed by atoms with van der Waals surface area (Å²) in [6.45, 7) is 2.25. The number of ketones is 1. The van der Waals surface area contributed by atoms with Gasteiger partial charge in [-0.2, -0.15) is 0 Å². The van der Waals surface area contributed by atoms with Gasteiger partial charge in [-0.25, -0.2) is 0 Å². The van der Waals surface area contributed by atoms with Gasteiger partial charge in [0.1, 0.15) is 5.78 Å². The maximum absolute atomic E-state index is 12.3. The van der Waals surface area contributed by atoms with Gasteiger partial charge in [0.25, 0.3) is 0 Å². The summed E-state index contributed by atoms with van der Waals surface area (Å²) < 4.78 is 0. The molecule has 1 aromatic rings. The molecule has 0 saturated carbocycles. The van der Waals surface area contributed by atoms with E-state index >= 15 is 0 Å². The molecule has 0 N–H and O–H groups in total. The molecule has 2 rings (SSSR count). The first kappa shape index (κ1) is 15.3. The minimum atomic E-state index is 0.200. The lowest BCUT2D eigenvalue weighted by atomic mass is 9.93. The van der Waals surface area contributed by atoms with Crippen molar-refractivity contribution in [3.05, 3.63) is 35.4 Å². The van der Waals surface area contributed by atoms with Gasteiger partial charge in [0.2, 0.25) is 0 Å². The van der Waals surface area contributed by atoms with E-state index in [0.717, 1.165) is 25.7 Å². The molecule has 0 aromatic heterocycles. The van der Waals surface area contributed by atoms with E-state index in [0.29, 0.717) is 5.78 Å². The van der Waals surface area contributed by atoms with Crippen molar-refractivity contribution in [2.24, 2.45) is 0 Å². The van der Waals surface area contributed by atoms with Gasteiger partial charge in [0.05, 0.1) is 0 Å². The molecule has 1 unspecified atom stereocenters. The third-order valence-electron chi connectivity index (χ3n) is 4.55. The fraction of sp³-hybridized carbons (Fsp3) is 0.632. The molecule has 0 saturated heterocycles. The van der Waals surface area contributed by atoms with Crippen LogP contribution in [0.2, 0.25) is 0 Å². The van der Waals surface area contributed by atoms with E-state index in [-0.39, 0.29) is 5.92 Å². The Morgan fingerprint density at radius 1 is 1.05 bits per heavy atom. The molecule has 1 aromatic carbocycles. The summed E-state index contributed by atoms with van der Waals surface area (Å²) in [5, 5.41) is 0. The second kappa shape index (κ2) is 8.24. The van der Waals surface area contributed by atoms with Gasteiger partial charge in [0.15, 0.2) is 0 Å². The molecule has 20 heavy (non-hydrogen) atoms. The van der Waals surface area contributed by atoms with Crippen molar-refractivity contribution in [3.8, 4) is 0 Å². The third-order valence-corrected chi connectivity index (χ3v) is 4.55. The van der Waals surface area contributed by atoms with Gasteiger partial charge in [0, 0.05) is 12.3 Å². The summed E-state index contributed by atoms with van der Waals surface area (Å²) in [7, 11) is 0. The number of benzene rings is 1. The second-order valence-electron chi connectivity index (χ2n) is 6.13. The minimum Gasteiger partial charge on any atom is -0.299 e. The van der Waals surface area contributed by atoms with Crippen molar-refractivity contribution in [1.82, 2.24) is 0 Å². The van der Waals surface area contributed by atoms with Crippen LogP contribution in [0.1, 0.15) is 81.8 Å². The van der Waals surface area contributed by atoms with E-state index in [4.69, 9.17) is 0 Å². The molecule has 0 bridgehead atoms. The van der Waals surface area contributed by atoms with Gasteiger partial charge >= 0.3 is 0 Å². The van der Waals surface area contributed by atoms with E-state index < -0.39 is 0 Å². The van der Waals surface area contributed by atoms with Gasteiger partial charge in [-0.05, 0) is 30.4 Å². The maximum Gasteiger partial charge on any atom is 0.140 e. The zero-order chi connectivity index (χ0) is 14.2. The fourth-order valence-electron chi connectivity index (χ4n) is 3.32. The second-order valence-corrected chi connectivity index (χ2v) is 6.13. The quantitative estimate of drug-likeness (QED) is 0.548. The Labute approximate surface area is 123 Å². The van der Waals surface area contributed by atoms with Crippen LogP contribution in [0.4, 0.5) is 0 Å². The van der Waals surface area contributed by atoms with Crippen LogP contribution in [-0.2, 0) is 11.2 Å². The van der Waals surface area contributed by atoms with E-state index in [2.05, 4.69) is 31.2 Å². The summed E-state index contributed by atoms with van der Waals surface area (Å²) in [6.07, 6.45) is 11.9. The van der Waals surface area contributed by atoms with Crippen LogP contribution >= 0.6 is 0 Å². The van der Waals surface area contributed by atoms with Crippen molar-refractivity contribution in [1.29, 1.82) is 0 Å². The summed E-state index contributed by atoms with van der Waals surface area (Å²) >= 11 is 0. The summed E-state index contributed by atoms with van der Waals surface area (Å²) in [5.74, 6) is 0.676. The molecule has 0 heterocycles. The molecule has 1 nitrogen and oxygen atoms in total. The van der Waals surface area contributed by atoms with Crippen LogP contribution in [0.15, 0.2) is 24.3 Å². The first-order valence-corrected chi connectivity index (χ1v) is 8.43. The number of fused-ring (bicyclic) bond motifs is 1. The summed E-state index contributed by atoms with van der Waals surface area (Å²) in [6, 6.07) is 8.48. The van der Waals surface area contributed by atoms with Crippen LogP contribution in [0.5, 0.6) is 0 Å². The molecule has 1 heteroatoms. The SMILES string of the molecule is CCCCCCCCCC(=O)C1CCc2ccccc21. The highest BCUT2D eigenvalue weighted by Crippen LogP contribution is 2.34. The van der Waals surface area contributed by atoms with Crippen LogP contribution in [-0.4, -0.2) is 5.78 Å². The average molecular weight is 272 g/mol. The molecular formula is C19H28O. The normalized spacial score (nSPS) is 17.1. The monoisotopic (exact) mass is 272 g/mol. The highest BCUT2D eigenvalue weighted by molar-refractivity contribution is 5.86. The Kier molecular flexibility index (Phi) is 6.29. The average Bonchev–Trinajstić information content (AvgIpc) is 2.90. The van der Waals surface area contributed by atoms with Crippen molar-refractivity contribution in [2.45, 2.75) is 77.0 Å². The van der Waals surface area contributed by atoms with Crippen molar-refractivity contribution in [3.63, 3.8) is 0 Å². The van der Waals surface area contributed by atoms with Crippen LogP contribution in [0.25, 0.3) is 0 Å². The number of carbonyl (C=O) groups is 1. The molecule has 0 fully saturated rings. The lowest BCUT2D eigenvalue weighted by Gasteiger charge is -2.10. The number of carbonyl (C=O) groups excluding carboxylic acids is 1. The number of hydrogen-bond donors (Lipinski definition) is 0. The first-order chi connectivity index (χ1) is 9.83. The molecule has 110 valence electrons. The third kappa shape index (κ3) is 4.19. The predicted molar refractivity (Wildman–Crippen MR) is 85.1 cm³/mol. The van der Waals surface area contributed by atoms with Gasteiger partial charge in [-0.1, -0.05) is 69.7 Å². The highest BCUT2D eigenvalue weighted by atomic mass is 16.1. The summed E-state index contributed by atoms with van der Waals surface area (Å²) in [5.41, 5.74) is 2.70. The maximum atomic E-state index is 12.3. The topological polar surface area (TPSA) is 17.1 Å². The Morgan fingerprint density at radius 3 is 2.55 bits per heavy atom. The van der Waals surface area contributed by atoms with E-state index in [9.17, 15) is 4.79 Å². The molecule has 0 aliphatic heterocycles. The van der Waals surface area contributed by atoms with E-state index in [1.165, 1.54) is 49.7 Å². The Balaban J connectivity index is 1.66. The molecule has 0 spiro atoms. The Hall–Kier alpha value is -1.11. The van der Waals surface area contributed by atoms with Gasteiger partial charge in [-0.3, -0.25) is 4.79 Å². The lowest BCUT2D eigenvalue weighted by Crippen LogP contribution is -2.09. The van der Waals surface area contributed by atoms with Crippen LogP contribution < -0.4 is 0 Å². The van der Waals surface area contributed by atoms with Crippen LogP contribution in [0.3, 0.4) is 0 Å². The smallest absolute Gasteiger partial charge is 0.140 e. The van der Waals surface area contributed by atoms with Crippen molar-refractivity contribution >= 4 is 5.78 Å². The molecule has 0 amide bonds. The number of aryl methyl sites for hydroxylation is 1. The zero-order valence-electron chi connectivity index (χ0n) is 12.9. The fourth-order valence-corrected chi connectivity index (χ4v) is 3.32. The first-order valence-electron chi connectivity index (χ1n) is 8.43. The van der Waals surface area contributed by atoms with E-state index in [1.807, 2.05) is 0 Å². The largest absolute Gasteiger partial charge is 0.299 e. The van der Waals surface area contributed by atoms with Crippen molar-refractivity contribution < 1.29 is 4.79 Å². The minimum absolute atomic E-state index is 0.200. The Morgan fingerprint density at radius 2 is 1.75 bits per heavy atom. The van der Waals surface area contributed by atoms with Crippen LogP contribution in [0, 0.1) is 0 Å².